The van der Waals surface area contributed by atoms with Crippen molar-refractivity contribution in [1.29, 1.82) is 0 Å². The van der Waals surface area contributed by atoms with Gasteiger partial charge in [0.05, 0.1) is 5.41 Å². The summed E-state index contributed by atoms with van der Waals surface area (Å²) in [6, 6.07) is 19.7. The van der Waals surface area contributed by atoms with E-state index >= 15 is 0 Å². The topological polar surface area (TPSA) is 63.4 Å². The van der Waals surface area contributed by atoms with Crippen molar-refractivity contribution in [3.05, 3.63) is 71.8 Å². The SMILES string of the molecule is NC(=O)C1(c2ccccc2)CCN(C(=O)CCc2ccccc2)CC1. The number of nitrogens with two attached hydrogens (primary N) is 1. The second-order valence-electron chi connectivity index (χ2n) is 6.68. The van der Waals surface area contributed by atoms with Crippen molar-refractivity contribution < 1.29 is 9.59 Å². The van der Waals surface area contributed by atoms with E-state index in [1.54, 1.807) is 0 Å². The van der Waals surface area contributed by atoms with Gasteiger partial charge in [-0.05, 0) is 30.4 Å². The van der Waals surface area contributed by atoms with Gasteiger partial charge in [0, 0.05) is 19.5 Å². The summed E-state index contributed by atoms with van der Waals surface area (Å²) in [5.41, 5.74) is 7.22. The van der Waals surface area contributed by atoms with E-state index in [9.17, 15) is 9.59 Å². The van der Waals surface area contributed by atoms with Crippen LogP contribution in [0, 0.1) is 0 Å². The molecule has 0 unspecified atom stereocenters. The minimum atomic E-state index is -0.655. The zero-order valence-electron chi connectivity index (χ0n) is 14.4. The molecule has 0 saturated carbocycles. The van der Waals surface area contributed by atoms with Gasteiger partial charge in [-0.3, -0.25) is 9.59 Å². The molecule has 25 heavy (non-hydrogen) atoms. The van der Waals surface area contributed by atoms with Crippen LogP contribution < -0.4 is 5.73 Å². The van der Waals surface area contributed by atoms with Gasteiger partial charge in [-0.25, -0.2) is 0 Å². The molecule has 130 valence electrons. The number of benzene rings is 2. The van der Waals surface area contributed by atoms with Crippen LogP contribution >= 0.6 is 0 Å². The maximum Gasteiger partial charge on any atom is 0.228 e. The summed E-state index contributed by atoms with van der Waals surface area (Å²) in [7, 11) is 0. The monoisotopic (exact) mass is 336 g/mol. The lowest BCUT2D eigenvalue weighted by Gasteiger charge is -2.40. The molecule has 0 aromatic heterocycles. The number of piperidine rings is 1. The highest BCUT2D eigenvalue weighted by molar-refractivity contribution is 5.87. The molecule has 0 aliphatic carbocycles. The van der Waals surface area contributed by atoms with Crippen molar-refractivity contribution in [2.75, 3.05) is 13.1 Å². The van der Waals surface area contributed by atoms with Crippen molar-refractivity contribution in [3.63, 3.8) is 0 Å². The van der Waals surface area contributed by atoms with Crippen LogP contribution in [-0.4, -0.2) is 29.8 Å². The zero-order valence-corrected chi connectivity index (χ0v) is 14.4. The van der Waals surface area contributed by atoms with Crippen molar-refractivity contribution in [2.24, 2.45) is 5.73 Å². The van der Waals surface area contributed by atoms with E-state index in [0.29, 0.717) is 32.4 Å². The van der Waals surface area contributed by atoms with Gasteiger partial charge >= 0.3 is 0 Å². The first-order valence-corrected chi connectivity index (χ1v) is 8.79. The van der Waals surface area contributed by atoms with Crippen molar-refractivity contribution in [2.45, 2.75) is 31.1 Å². The fourth-order valence-electron chi connectivity index (χ4n) is 3.63. The predicted octanol–water partition coefficient (Wildman–Crippen LogP) is 2.66. The van der Waals surface area contributed by atoms with E-state index in [4.69, 9.17) is 5.73 Å². The number of likely N-dealkylation sites (tertiary alicyclic amines) is 1. The molecule has 1 aliphatic rings. The second-order valence-corrected chi connectivity index (χ2v) is 6.68. The van der Waals surface area contributed by atoms with E-state index < -0.39 is 5.41 Å². The van der Waals surface area contributed by atoms with Crippen molar-refractivity contribution in [3.8, 4) is 0 Å². The van der Waals surface area contributed by atoms with Gasteiger partial charge in [-0.2, -0.15) is 0 Å². The minimum Gasteiger partial charge on any atom is -0.369 e. The zero-order chi connectivity index (χ0) is 17.7. The van der Waals surface area contributed by atoms with Gasteiger partial charge in [0.2, 0.25) is 11.8 Å². The Morgan fingerprint density at radius 1 is 0.920 bits per heavy atom. The number of hydrogen-bond donors (Lipinski definition) is 1. The summed E-state index contributed by atoms with van der Waals surface area (Å²) in [4.78, 5) is 26.5. The lowest BCUT2D eigenvalue weighted by Crippen LogP contribution is -2.51. The van der Waals surface area contributed by atoms with E-state index in [1.165, 1.54) is 5.56 Å². The standard InChI is InChI=1S/C21H24N2O2/c22-20(25)21(18-9-5-2-6-10-18)13-15-23(16-14-21)19(24)12-11-17-7-3-1-4-8-17/h1-10H,11-16H2,(H2,22,25). The van der Waals surface area contributed by atoms with Gasteiger partial charge < -0.3 is 10.6 Å². The van der Waals surface area contributed by atoms with Gasteiger partial charge in [-0.15, -0.1) is 0 Å². The van der Waals surface area contributed by atoms with Crippen LogP contribution in [0.1, 0.15) is 30.4 Å². The Morgan fingerprint density at radius 3 is 2.04 bits per heavy atom. The number of rotatable bonds is 5. The molecular formula is C21H24N2O2. The van der Waals surface area contributed by atoms with Crippen LogP contribution in [0.5, 0.6) is 0 Å². The second kappa shape index (κ2) is 7.51. The van der Waals surface area contributed by atoms with Gasteiger partial charge in [0.25, 0.3) is 0 Å². The number of aryl methyl sites for hydroxylation is 1. The Bertz CT molecular complexity index is 720. The predicted molar refractivity (Wildman–Crippen MR) is 97.9 cm³/mol. The molecule has 4 nitrogen and oxygen atoms in total. The number of primary amides is 1. The molecule has 1 heterocycles. The first kappa shape index (κ1) is 17.2. The quantitative estimate of drug-likeness (QED) is 0.912. The summed E-state index contributed by atoms with van der Waals surface area (Å²) in [6.07, 6.45) is 2.42. The van der Waals surface area contributed by atoms with Gasteiger partial charge in [-0.1, -0.05) is 60.7 Å². The highest BCUT2D eigenvalue weighted by Crippen LogP contribution is 2.35. The molecule has 1 saturated heterocycles. The van der Waals surface area contributed by atoms with E-state index in [2.05, 4.69) is 0 Å². The third-order valence-corrected chi connectivity index (χ3v) is 5.24. The van der Waals surface area contributed by atoms with Crippen LogP contribution in [0.25, 0.3) is 0 Å². The van der Waals surface area contributed by atoms with Crippen LogP contribution in [-0.2, 0) is 21.4 Å². The first-order valence-electron chi connectivity index (χ1n) is 8.79. The number of carbonyl (C=O) groups excluding carboxylic acids is 2. The smallest absolute Gasteiger partial charge is 0.228 e. The normalized spacial score (nSPS) is 16.4. The lowest BCUT2D eigenvalue weighted by molar-refractivity contribution is -0.135. The van der Waals surface area contributed by atoms with E-state index in [0.717, 1.165) is 12.0 Å². The van der Waals surface area contributed by atoms with Crippen LogP contribution in [0.4, 0.5) is 0 Å². The third kappa shape index (κ3) is 3.73. The highest BCUT2D eigenvalue weighted by Gasteiger charge is 2.42. The molecule has 2 N–H and O–H groups in total. The van der Waals surface area contributed by atoms with E-state index in [1.807, 2.05) is 65.6 Å². The Balaban J connectivity index is 1.62. The average Bonchev–Trinajstić information content (AvgIpc) is 2.67. The number of amides is 2. The molecule has 4 heteroatoms. The summed E-state index contributed by atoms with van der Waals surface area (Å²) in [6.45, 7) is 1.15. The first-order chi connectivity index (χ1) is 12.1. The summed E-state index contributed by atoms with van der Waals surface area (Å²) >= 11 is 0. The molecular weight excluding hydrogens is 312 g/mol. The molecule has 3 rings (SSSR count). The average molecular weight is 336 g/mol. The maximum atomic E-state index is 12.5. The highest BCUT2D eigenvalue weighted by atomic mass is 16.2. The van der Waals surface area contributed by atoms with Gasteiger partial charge in [0.15, 0.2) is 0 Å². The van der Waals surface area contributed by atoms with Crippen molar-refractivity contribution >= 4 is 11.8 Å². The molecule has 1 aliphatic heterocycles. The fraction of sp³-hybridized carbons (Fsp3) is 0.333. The summed E-state index contributed by atoms with van der Waals surface area (Å²) < 4.78 is 0. The molecule has 0 radical (unpaired) electrons. The molecule has 2 amide bonds. The summed E-state index contributed by atoms with van der Waals surface area (Å²) in [5, 5.41) is 0. The molecule has 0 spiro atoms. The number of carbonyl (C=O) groups is 2. The molecule has 2 aromatic rings. The Kier molecular flexibility index (Phi) is 5.17. The molecule has 0 atom stereocenters. The Hall–Kier alpha value is -2.62. The molecule has 0 bridgehead atoms. The largest absolute Gasteiger partial charge is 0.369 e. The van der Waals surface area contributed by atoms with Crippen LogP contribution in [0.3, 0.4) is 0 Å². The van der Waals surface area contributed by atoms with Crippen molar-refractivity contribution in [1.82, 2.24) is 4.90 Å². The van der Waals surface area contributed by atoms with Crippen LogP contribution in [0.2, 0.25) is 0 Å². The minimum absolute atomic E-state index is 0.148. The molecule has 1 fully saturated rings. The lowest BCUT2D eigenvalue weighted by atomic mass is 9.72. The Labute approximate surface area is 148 Å². The Morgan fingerprint density at radius 2 is 1.48 bits per heavy atom. The van der Waals surface area contributed by atoms with Gasteiger partial charge in [0.1, 0.15) is 0 Å². The molecule has 2 aromatic carbocycles. The summed E-state index contributed by atoms with van der Waals surface area (Å²) in [5.74, 6) is -0.148. The number of nitrogens with zero attached hydrogens (tertiary/aromatic N) is 1. The van der Waals surface area contributed by atoms with Crippen LogP contribution in [0.15, 0.2) is 60.7 Å². The maximum absolute atomic E-state index is 12.5. The fourth-order valence-corrected chi connectivity index (χ4v) is 3.63. The van der Waals surface area contributed by atoms with E-state index in [-0.39, 0.29) is 11.8 Å². The third-order valence-electron chi connectivity index (χ3n) is 5.24. The number of hydrogen-bond acceptors (Lipinski definition) is 2.